The minimum Gasteiger partial charge on any atom is -0.493 e. The number of nitrogens with one attached hydrogen (secondary N) is 1. The van der Waals surface area contributed by atoms with E-state index < -0.39 is 5.97 Å². The van der Waals surface area contributed by atoms with Crippen LogP contribution in [0, 0.1) is 5.92 Å². The van der Waals surface area contributed by atoms with Crippen molar-refractivity contribution in [1.82, 2.24) is 5.32 Å². The Morgan fingerprint density at radius 1 is 1.04 bits per heavy atom. The highest BCUT2D eigenvalue weighted by atomic mass is 32.2. The summed E-state index contributed by atoms with van der Waals surface area (Å²) in [7, 11) is 0. The van der Waals surface area contributed by atoms with Gasteiger partial charge in [0.05, 0.1) is 12.2 Å². The second-order valence-electron chi connectivity index (χ2n) is 6.32. The normalized spacial score (nSPS) is 10.5. The first-order valence-corrected chi connectivity index (χ1v) is 9.87. The molecule has 0 unspecified atom stereocenters. The molecule has 0 aliphatic carbocycles. The molecule has 0 aliphatic rings. The third-order valence-corrected chi connectivity index (χ3v) is 4.46. The Labute approximate surface area is 164 Å². The van der Waals surface area contributed by atoms with Crippen LogP contribution in [0.15, 0.2) is 59.5 Å². The zero-order valence-corrected chi connectivity index (χ0v) is 16.5. The van der Waals surface area contributed by atoms with Crippen molar-refractivity contribution in [2.45, 2.75) is 18.7 Å². The van der Waals surface area contributed by atoms with Gasteiger partial charge in [-0.25, -0.2) is 4.79 Å². The van der Waals surface area contributed by atoms with Crippen LogP contribution in [-0.4, -0.2) is 37.4 Å². The number of carbonyl (C=O) groups excluding carboxylic acids is 2. The fourth-order valence-corrected chi connectivity index (χ4v) is 2.88. The van der Waals surface area contributed by atoms with Gasteiger partial charge in [0.25, 0.3) is 5.91 Å². The first-order chi connectivity index (χ1) is 13.0. The third kappa shape index (κ3) is 8.17. The molecule has 0 aromatic heterocycles. The van der Waals surface area contributed by atoms with Crippen molar-refractivity contribution in [2.75, 3.05) is 25.5 Å². The number of thioether (sulfide) groups is 1. The van der Waals surface area contributed by atoms with Crippen molar-refractivity contribution >= 4 is 23.6 Å². The molecule has 0 saturated heterocycles. The summed E-state index contributed by atoms with van der Waals surface area (Å²) in [5.74, 6) is 1.04. The highest BCUT2D eigenvalue weighted by Gasteiger charge is 2.10. The molecule has 0 atom stereocenters. The highest BCUT2D eigenvalue weighted by molar-refractivity contribution is 7.99. The molecule has 0 bridgehead atoms. The third-order valence-electron chi connectivity index (χ3n) is 3.44. The predicted octanol–water partition coefficient (Wildman–Crippen LogP) is 3.79. The van der Waals surface area contributed by atoms with Gasteiger partial charge in [-0.15, -0.1) is 11.8 Å². The van der Waals surface area contributed by atoms with Crippen molar-refractivity contribution in [3.63, 3.8) is 0 Å². The van der Waals surface area contributed by atoms with E-state index in [1.165, 1.54) is 0 Å². The molecule has 2 aromatic carbocycles. The van der Waals surface area contributed by atoms with Crippen molar-refractivity contribution in [3.8, 4) is 5.75 Å². The average molecular weight is 388 g/mol. The number of ether oxygens (including phenoxy) is 2. The van der Waals surface area contributed by atoms with Crippen molar-refractivity contribution in [2.24, 2.45) is 5.92 Å². The molecule has 0 radical (unpaired) electrons. The van der Waals surface area contributed by atoms with E-state index in [-0.39, 0.29) is 12.5 Å². The van der Waals surface area contributed by atoms with E-state index in [0.717, 1.165) is 10.6 Å². The molecule has 0 spiro atoms. The van der Waals surface area contributed by atoms with Crippen molar-refractivity contribution < 1.29 is 19.1 Å². The number of rotatable bonds is 10. The van der Waals surface area contributed by atoms with E-state index in [0.29, 0.717) is 30.4 Å². The van der Waals surface area contributed by atoms with Gasteiger partial charge in [0.2, 0.25) is 0 Å². The lowest BCUT2D eigenvalue weighted by atomic mass is 10.2. The molecule has 0 aliphatic heterocycles. The van der Waals surface area contributed by atoms with Gasteiger partial charge in [0.15, 0.2) is 6.61 Å². The number of esters is 1. The maximum Gasteiger partial charge on any atom is 0.338 e. The number of hydrogen-bond acceptors (Lipinski definition) is 5. The topological polar surface area (TPSA) is 64.6 Å². The van der Waals surface area contributed by atoms with Crippen LogP contribution in [0.1, 0.15) is 24.2 Å². The maximum absolute atomic E-state index is 12.0. The van der Waals surface area contributed by atoms with Gasteiger partial charge in [0.1, 0.15) is 5.75 Å². The van der Waals surface area contributed by atoms with Crippen LogP contribution in [0.5, 0.6) is 5.75 Å². The molecule has 5 nitrogen and oxygen atoms in total. The van der Waals surface area contributed by atoms with E-state index in [9.17, 15) is 9.59 Å². The quantitative estimate of drug-likeness (QED) is 0.382. The van der Waals surface area contributed by atoms with Gasteiger partial charge in [-0.2, -0.15) is 0 Å². The Balaban J connectivity index is 1.64. The number of benzene rings is 2. The molecular weight excluding hydrogens is 362 g/mol. The Morgan fingerprint density at radius 3 is 2.41 bits per heavy atom. The smallest absolute Gasteiger partial charge is 0.338 e. The van der Waals surface area contributed by atoms with Crippen LogP contribution in [0.4, 0.5) is 0 Å². The van der Waals surface area contributed by atoms with E-state index in [1.54, 1.807) is 36.0 Å². The summed E-state index contributed by atoms with van der Waals surface area (Å²) in [6, 6.07) is 16.7. The molecule has 0 heterocycles. The predicted molar refractivity (Wildman–Crippen MR) is 107 cm³/mol. The van der Waals surface area contributed by atoms with Gasteiger partial charge in [-0.1, -0.05) is 32.0 Å². The van der Waals surface area contributed by atoms with Crippen molar-refractivity contribution in [1.29, 1.82) is 0 Å². The van der Waals surface area contributed by atoms with Gasteiger partial charge in [0, 0.05) is 17.2 Å². The molecule has 27 heavy (non-hydrogen) atoms. The zero-order valence-electron chi connectivity index (χ0n) is 15.6. The second-order valence-corrected chi connectivity index (χ2v) is 7.49. The lowest BCUT2D eigenvalue weighted by Gasteiger charge is -2.09. The summed E-state index contributed by atoms with van der Waals surface area (Å²) in [6.07, 6.45) is 0. The van der Waals surface area contributed by atoms with Crippen LogP contribution in [0.25, 0.3) is 0 Å². The monoisotopic (exact) mass is 387 g/mol. The second kappa shape index (κ2) is 11.3. The minimum absolute atomic E-state index is 0.291. The maximum atomic E-state index is 12.0. The lowest BCUT2D eigenvalue weighted by molar-refractivity contribution is -0.124. The highest BCUT2D eigenvalue weighted by Crippen LogP contribution is 2.16. The Hall–Kier alpha value is -2.47. The minimum atomic E-state index is -0.528. The first kappa shape index (κ1) is 20.8. The first-order valence-electron chi connectivity index (χ1n) is 8.89. The summed E-state index contributed by atoms with van der Waals surface area (Å²) in [6.45, 7) is 4.97. The summed E-state index contributed by atoms with van der Waals surface area (Å²) < 4.78 is 10.6. The molecule has 144 valence electrons. The van der Waals surface area contributed by atoms with Crippen LogP contribution >= 0.6 is 11.8 Å². The standard InChI is InChI=1S/C21H25NO4S/c1-16(2)14-25-18-10-8-17(9-11-18)21(24)26-15-20(23)22-12-13-27-19-6-4-3-5-7-19/h3-11,16H,12-15H2,1-2H3,(H,22,23). The van der Waals surface area contributed by atoms with E-state index in [1.807, 2.05) is 30.3 Å². The molecular formula is C21H25NO4S. The fraction of sp³-hybridized carbons (Fsp3) is 0.333. The fourth-order valence-electron chi connectivity index (χ4n) is 2.09. The van der Waals surface area contributed by atoms with Gasteiger partial charge >= 0.3 is 5.97 Å². The van der Waals surface area contributed by atoms with Crippen LogP contribution in [0.3, 0.4) is 0 Å². The van der Waals surface area contributed by atoms with Gasteiger partial charge < -0.3 is 14.8 Å². The SMILES string of the molecule is CC(C)COc1ccc(C(=O)OCC(=O)NCCSc2ccccc2)cc1. The number of amides is 1. The van der Waals surface area contributed by atoms with Crippen LogP contribution < -0.4 is 10.1 Å². The van der Waals surface area contributed by atoms with E-state index in [2.05, 4.69) is 19.2 Å². The zero-order chi connectivity index (χ0) is 19.5. The van der Waals surface area contributed by atoms with Crippen LogP contribution in [0.2, 0.25) is 0 Å². The Bertz CT molecular complexity index is 717. The molecule has 6 heteroatoms. The number of carbonyl (C=O) groups is 2. The molecule has 0 saturated carbocycles. The van der Waals surface area contributed by atoms with Crippen LogP contribution in [-0.2, 0) is 9.53 Å². The average Bonchev–Trinajstić information content (AvgIpc) is 2.69. The summed E-state index contributed by atoms with van der Waals surface area (Å²) in [5, 5.41) is 2.74. The Morgan fingerprint density at radius 2 is 1.74 bits per heavy atom. The Kier molecular flexibility index (Phi) is 8.71. The molecule has 0 fully saturated rings. The molecule has 1 amide bonds. The summed E-state index contributed by atoms with van der Waals surface area (Å²) in [4.78, 5) is 24.9. The molecule has 2 aromatic rings. The van der Waals surface area contributed by atoms with Gasteiger partial charge in [-0.05, 0) is 42.3 Å². The van der Waals surface area contributed by atoms with E-state index in [4.69, 9.17) is 9.47 Å². The summed E-state index contributed by atoms with van der Waals surface area (Å²) >= 11 is 1.66. The van der Waals surface area contributed by atoms with Crippen molar-refractivity contribution in [3.05, 3.63) is 60.2 Å². The van der Waals surface area contributed by atoms with Gasteiger partial charge in [-0.3, -0.25) is 4.79 Å². The largest absolute Gasteiger partial charge is 0.493 e. The lowest BCUT2D eigenvalue weighted by Crippen LogP contribution is -2.30. The molecule has 2 rings (SSSR count). The molecule has 1 N–H and O–H groups in total. The van der Waals surface area contributed by atoms with E-state index >= 15 is 0 Å². The summed E-state index contributed by atoms with van der Waals surface area (Å²) in [5.41, 5.74) is 0.388. The number of hydrogen-bond donors (Lipinski definition) is 1.